The first-order valence-corrected chi connectivity index (χ1v) is 9.40. The van der Waals surface area contributed by atoms with Crippen molar-refractivity contribution in [3.8, 4) is 17.2 Å². The molecule has 1 aromatic heterocycles. The largest absolute Gasteiger partial charge is 0.493 e. The quantitative estimate of drug-likeness (QED) is 0.480. The molecule has 28 heavy (non-hydrogen) atoms. The van der Waals surface area contributed by atoms with Crippen LogP contribution < -0.4 is 24.8 Å². The van der Waals surface area contributed by atoms with Crippen molar-refractivity contribution in [2.75, 3.05) is 34.4 Å². The lowest BCUT2D eigenvalue weighted by Crippen LogP contribution is -2.40. The van der Waals surface area contributed by atoms with Gasteiger partial charge in [0.25, 0.3) is 0 Å². The Balaban J connectivity index is 2.09. The van der Waals surface area contributed by atoms with E-state index in [4.69, 9.17) is 23.6 Å². The SMILES string of the molecule is COc1cc(CN=C(NCCc2ccco2)NCC(C)C)cc(OC)c1OC. The predicted molar refractivity (Wildman–Crippen MR) is 110 cm³/mol. The molecule has 0 bridgehead atoms. The number of furan rings is 1. The molecule has 7 heteroatoms. The molecule has 0 spiro atoms. The summed E-state index contributed by atoms with van der Waals surface area (Å²) in [6, 6.07) is 7.68. The molecule has 154 valence electrons. The summed E-state index contributed by atoms with van der Waals surface area (Å²) in [5.74, 6) is 4.03. The van der Waals surface area contributed by atoms with Crippen LogP contribution in [0.25, 0.3) is 0 Å². The maximum absolute atomic E-state index is 5.42. The van der Waals surface area contributed by atoms with E-state index in [0.29, 0.717) is 29.7 Å². The number of aliphatic imine (C=N–C) groups is 1. The third-order valence-electron chi connectivity index (χ3n) is 4.07. The number of ether oxygens (including phenoxy) is 3. The van der Waals surface area contributed by atoms with Crippen LogP contribution in [0, 0.1) is 5.92 Å². The third-order valence-corrected chi connectivity index (χ3v) is 4.07. The second-order valence-electron chi connectivity index (χ2n) is 6.73. The first kappa shape index (κ1) is 21.5. The Bertz CT molecular complexity index is 717. The van der Waals surface area contributed by atoms with E-state index < -0.39 is 0 Å². The van der Waals surface area contributed by atoms with Crippen LogP contribution in [0.4, 0.5) is 0 Å². The lowest BCUT2D eigenvalue weighted by molar-refractivity contribution is 0.324. The summed E-state index contributed by atoms with van der Waals surface area (Å²) < 4.78 is 21.6. The second-order valence-corrected chi connectivity index (χ2v) is 6.73. The maximum Gasteiger partial charge on any atom is 0.203 e. The van der Waals surface area contributed by atoms with Crippen LogP contribution in [-0.4, -0.2) is 40.4 Å². The van der Waals surface area contributed by atoms with Gasteiger partial charge < -0.3 is 29.3 Å². The summed E-state index contributed by atoms with van der Waals surface area (Å²) in [6.45, 7) is 6.36. The van der Waals surface area contributed by atoms with Crippen LogP contribution in [0.2, 0.25) is 0 Å². The van der Waals surface area contributed by atoms with Crippen molar-refractivity contribution in [1.29, 1.82) is 0 Å². The summed E-state index contributed by atoms with van der Waals surface area (Å²) in [5.41, 5.74) is 0.964. The van der Waals surface area contributed by atoms with Crippen molar-refractivity contribution in [3.05, 3.63) is 41.9 Å². The Morgan fingerprint density at radius 3 is 2.32 bits per heavy atom. The fourth-order valence-electron chi connectivity index (χ4n) is 2.63. The van der Waals surface area contributed by atoms with Gasteiger partial charge in [-0.2, -0.15) is 0 Å². The smallest absolute Gasteiger partial charge is 0.203 e. The highest BCUT2D eigenvalue weighted by Crippen LogP contribution is 2.38. The maximum atomic E-state index is 5.42. The zero-order valence-corrected chi connectivity index (χ0v) is 17.4. The molecule has 0 saturated carbocycles. The molecule has 0 aliphatic heterocycles. The van der Waals surface area contributed by atoms with Gasteiger partial charge in [0.1, 0.15) is 5.76 Å². The average molecular weight is 389 g/mol. The summed E-state index contributed by atoms with van der Waals surface area (Å²) in [6.07, 6.45) is 2.48. The number of methoxy groups -OCH3 is 3. The first-order valence-electron chi connectivity index (χ1n) is 9.40. The zero-order valence-electron chi connectivity index (χ0n) is 17.4. The van der Waals surface area contributed by atoms with Crippen molar-refractivity contribution in [2.45, 2.75) is 26.8 Å². The standard InChI is InChI=1S/C21H31N3O4/c1-15(2)13-23-21(22-9-8-17-7-6-10-28-17)24-14-16-11-18(25-3)20(27-5)19(12-16)26-4/h6-7,10-12,15H,8-9,13-14H2,1-5H3,(H2,22,23,24). The highest BCUT2D eigenvalue weighted by Gasteiger charge is 2.13. The zero-order chi connectivity index (χ0) is 20.4. The molecule has 2 rings (SSSR count). The van der Waals surface area contributed by atoms with Gasteiger partial charge in [-0.05, 0) is 35.7 Å². The van der Waals surface area contributed by atoms with E-state index in [1.54, 1.807) is 27.6 Å². The Labute approximate surface area is 167 Å². The van der Waals surface area contributed by atoms with E-state index in [-0.39, 0.29) is 0 Å². The van der Waals surface area contributed by atoms with Crippen molar-refractivity contribution < 1.29 is 18.6 Å². The van der Waals surface area contributed by atoms with Gasteiger partial charge in [-0.3, -0.25) is 0 Å². The number of benzene rings is 1. The van der Waals surface area contributed by atoms with Crippen LogP contribution >= 0.6 is 0 Å². The predicted octanol–water partition coefficient (Wildman–Crippen LogP) is 3.24. The number of nitrogens with zero attached hydrogens (tertiary/aromatic N) is 1. The highest BCUT2D eigenvalue weighted by atomic mass is 16.5. The minimum Gasteiger partial charge on any atom is -0.493 e. The highest BCUT2D eigenvalue weighted by molar-refractivity contribution is 5.79. The van der Waals surface area contributed by atoms with E-state index >= 15 is 0 Å². The van der Waals surface area contributed by atoms with Crippen molar-refractivity contribution in [1.82, 2.24) is 10.6 Å². The van der Waals surface area contributed by atoms with Crippen LogP contribution in [0.15, 0.2) is 39.9 Å². The molecule has 2 N–H and O–H groups in total. The molecule has 0 amide bonds. The molecule has 0 radical (unpaired) electrons. The first-order chi connectivity index (χ1) is 13.6. The number of hydrogen-bond donors (Lipinski definition) is 2. The fraction of sp³-hybridized carbons (Fsp3) is 0.476. The molecule has 0 fully saturated rings. The molecule has 2 aromatic rings. The van der Waals surface area contributed by atoms with Crippen LogP contribution in [0.5, 0.6) is 17.2 Å². The fourth-order valence-corrected chi connectivity index (χ4v) is 2.63. The van der Waals surface area contributed by atoms with E-state index in [0.717, 1.165) is 36.8 Å². The van der Waals surface area contributed by atoms with Crippen LogP contribution in [0.1, 0.15) is 25.2 Å². The number of hydrogen-bond acceptors (Lipinski definition) is 5. The molecule has 7 nitrogen and oxygen atoms in total. The number of guanidine groups is 1. The molecule has 0 atom stereocenters. The van der Waals surface area contributed by atoms with Gasteiger partial charge >= 0.3 is 0 Å². The summed E-state index contributed by atoms with van der Waals surface area (Å²) in [4.78, 5) is 4.70. The second kappa shape index (κ2) is 11.1. The minimum absolute atomic E-state index is 0.477. The summed E-state index contributed by atoms with van der Waals surface area (Å²) in [7, 11) is 4.81. The monoisotopic (exact) mass is 389 g/mol. The van der Waals surface area contributed by atoms with E-state index in [1.165, 1.54) is 0 Å². The Hall–Kier alpha value is -2.83. The van der Waals surface area contributed by atoms with E-state index in [1.807, 2.05) is 24.3 Å². The van der Waals surface area contributed by atoms with Gasteiger partial charge in [0.15, 0.2) is 17.5 Å². The Kier molecular flexibility index (Phi) is 8.52. The Morgan fingerprint density at radius 1 is 1.07 bits per heavy atom. The van der Waals surface area contributed by atoms with Crippen LogP contribution in [-0.2, 0) is 13.0 Å². The molecule has 1 heterocycles. The Morgan fingerprint density at radius 2 is 1.79 bits per heavy atom. The van der Waals surface area contributed by atoms with Gasteiger partial charge in [0.2, 0.25) is 5.75 Å². The topological polar surface area (TPSA) is 77.2 Å². The molecule has 0 saturated heterocycles. The van der Waals surface area contributed by atoms with Crippen molar-refractivity contribution in [2.24, 2.45) is 10.9 Å². The lowest BCUT2D eigenvalue weighted by atomic mass is 10.2. The van der Waals surface area contributed by atoms with Gasteiger partial charge in [-0.15, -0.1) is 0 Å². The lowest BCUT2D eigenvalue weighted by Gasteiger charge is -2.15. The molecular formula is C21H31N3O4. The average Bonchev–Trinajstić information content (AvgIpc) is 3.21. The van der Waals surface area contributed by atoms with Gasteiger partial charge in [0, 0.05) is 19.5 Å². The molecule has 0 aliphatic rings. The molecule has 1 aromatic carbocycles. The minimum atomic E-state index is 0.477. The van der Waals surface area contributed by atoms with Gasteiger partial charge in [-0.25, -0.2) is 4.99 Å². The molecule has 0 unspecified atom stereocenters. The van der Waals surface area contributed by atoms with Gasteiger partial charge in [0.05, 0.1) is 34.1 Å². The summed E-state index contributed by atoms with van der Waals surface area (Å²) >= 11 is 0. The molecule has 0 aliphatic carbocycles. The van der Waals surface area contributed by atoms with Gasteiger partial charge in [-0.1, -0.05) is 13.8 Å². The molecular weight excluding hydrogens is 358 g/mol. The summed E-state index contributed by atoms with van der Waals surface area (Å²) in [5, 5.41) is 6.73. The van der Waals surface area contributed by atoms with E-state index in [9.17, 15) is 0 Å². The third kappa shape index (κ3) is 6.40. The van der Waals surface area contributed by atoms with E-state index in [2.05, 4.69) is 24.5 Å². The number of rotatable bonds is 10. The normalized spacial score (nSPS) is 11.4. The van der Waals surface area contributed by atoms with Crippen LogP contribution in [0.3, 0.4) is 0 Å². The number of nitrogens with one attached hydrogen (secondary N) is 2. The van der Waals surface area contributed by atoms with Crippen molar-refractivity contribution >= 4 is 5.96 Å². The van der Waals surface area contributed by atoms with Crippen molar-refractivity contribution in [3.63, 3.8) is 0 Å².